The molecule has 0 saturated carbocycles. The Bertz CT molecular complexity index is 1070. The monoisotopic (exact) mass is 422 g/mol. The maximum Gasteiger partial charge on any atom is 0.272 e. The van der Waals surface area contributed by atoms with Crippen LogP contribution in [0.1, 0.15) is 29.1 Å². The Hall–Kier alpha value is -3.68. The predicted molar refractivity (Wildman–Crippen MR) is 116 cm³/mol. The number of aromatic nitrogens is 3. The number of ether oxygens (including phenoxy) is 2. The van der Waals surface area contributed by atoms with E-state index in [-0.39, 0.29) is 30.0 Å². The lowest BCUT2D eigenvalue weighted by atomic mass is 10.1. The van der Waals surface area contributed by atoms with Crippen molar-refractivity contribution in [2.45, 2.75) is 25.7 Å². The van der Waals surface area contributed by atoms with E-state index in [0.29, 0.717) is 30.3 Å². The molecule has 0 fully saturated rings. The summed E-state index contributed by atoms with van der Waals surface area (Å²) >= 11 is 0. The normalized spacial score (nSPS) is 10.5. The summed E-state index contributed by atoms with van der Waals surface area (Å²) in [6, 6.07) is 15.4. The third-order valence-corrected chi connectivity index (χ3v) is 4.80. The van der Waals surface area contributed by atoms with E-state index >= 15 is 0 Å². The molecule has 8 heteroatoms. The molecule has 0 radical (unpaired) electrons. The summed E-state index contributed by atoms with van der Waals surface area (Å²) in [6.45, 7) is 0.551. The molecule has 8 nitrogen and oxygen atoms in total. The molecule has 1 heterocycles. The van der Waals surface area contributed by atoms with Gasteiger partial charge in [0.25, 0.3) is 5.56 Å². The fraction of sp³-hybridized carbons (Fsp3) is 0.304. The number of methoxy groups -OCH3 is 2. The number of aromatic amines is 1. The first-order valence-electron chi connectivity index (χ1n) is 10.1. The lowest BCUT2D eigenvalue weighted by Gasteiger charge is -2.09. The molecule has 2 N–H and O–H groups in total. The Labute approximate surface area is 180 Å². The van der Waals surface area contributed by atoms with Gasteiger partial charge < -0.3 is 19.8 Å². The largest absolute Gasteiger partial charge is 0.493 e. The Kier molecular flexibility index (Phi) is 7.75. The smallest absolute Gasteiger partial charge is 0.272 e. The van der Waals surface area contributed by atoms with Crippen molar-refractivity contribution in [2.75, 3.05) is 20.8 Å². The molecule has 3 aromatic rings. The average molecular weight is 422 g/mol. The van der Waals surface area contributed by atoms with E-state index in [1.807, 2.05) is 42.5 Å². The average Bonchev–Trinajstić information content (AvgIpc) is 2.79. The number of aryl methyl sites for hydroxylation is 1. The maximum atomic E-state index is 12.3. The molecular formula is C23H26N4O4. The van der Waals surface area contributed by atoms with Crippen molar-refractivity contribution in [2.24, 2.45) is 0 Å². The molecule has 0 saturated heterocycles. The van der Waals surface area contributed by atoms with Gasteiger partial charge in [0.2, 0.25) is 5.91 Å². The van der Waals surface area contributed by atoms with Crippen molar-refractivity contribution < 1.29 is 14.3 Å². The maximum absolute atomic E-state index is 12.3. The molecule has 1 amide bonds. The van der Waals surface area contributed by atoms with Crippen molar-refractivity contribution in [3.05, 3.63) is 81.5 Å². The molecule has 31 heavy (non-hydrogen) atoms. The van der Waals surface area contributed by atoms with Crippen LogP contribution in [0.15, 0.2) is 53.3 Å². The number of amides is 1. The molecule has 0 aliphatic carbocycles. The van der Waals surface area contributed by atoms with E-state index in [4.69, 9.17) is 9.47 Å². The number of benzene rings is 2. The Morgan fingerprint density at radius 1 is 0.968 bits per heavy atom. The highest BCUT2D eigenvalue weighted by Gasteiger charge is 2.10. The quantitative estimate of drug-likeness (QED) is 0.518. The molecule has 0 unspecified atom stereocenters. The molecule has 3 rings (SSSR count). The molecule has 0 spiro atoms. The van der Waals surface area contributed by atoms with Crippen LogP contribution in [0.4, 0.5) is 0 Å². The minimum Gasteiger partial charge on any atom is -0.493 e. The lowest BCUT2D eigenvalue weighted by molar-refractivity contribution is -0.121. The first-order valence-corrected chi connectivity index (χ1v) is 10.1. The predicted octanol–water partition coefficient (Wildman–Crippen LogP) is 2.06. The summed E-state index contributed by atoms with van der Waals surface area (Å²) in [5.74, 6) is 1.55. The highest BCUT2D eigenvalue weighted by molar-refractivity contribution is 5.76. The minimum atomic E-state index is -0.331. The van der Waals surface area contributed by atoms with E-state index in [0.717, 1.165) is 17.5 Å². The van der Waals surface area contributed by atoms with Crippen LogP contribution in [0.2, 0.25) is 0 Å². The summed E-state index contributed by atoms with van der Waals surface area (Å²) in [5, 5.41) is 11.0. The van der Waals surface area contributed by atoms with Crippen LogP contribution in [-0.2, 0) is 24.1 Å². The first kappa shape index (κ1) is 22.0. The number of nitrogens with zero attached hydrogens (tertiary/aromatic N) is 2. The van der Waals surface area contributed by atoms with Gasteiger partial charge in [-0.1, -0.05) is 36.4 Å². The van der Waals surface area contributed by atoms with Crippen molar-refractivity contribution in [1.82, 2.24) is 20.5 Å². The van der Waals surface area contributed by atoms with Gasteiger partial charge in [-0.05, 0) is 29.7 Å². The molecule has 1 aromatic heterocycles. The fourth-order valence-electron chi connectivity index (χ4n) is 3.13. The van der Waals surface area contributed by atoms with Crippen LogP contribution in [0.5, 0.6) is 11.5 Å². The summed E-state index contributed by atoms with van der Waals surface area (Å²) < 4.78 is 10.5. The standard InChI is InChI=1S/C23H26N4O4/c1-30-19-10-8-17(14-20(19)31-2)15-21-25-23(29)18(26-27-21)9-11-22(28)24-13-12-16-6-4-3-5-7-16/h3-8,10,14H,9,11-13,15H2,1-2H3,(H,24,28)(H,25,27,29). The van der Waals surface area contributed by atoms with Crippen LogP contribution in [0.25, 0.3) is 0 Å². The SMILES string of the molecule is COc1ccc(Cc2nnc(CCC(=O)NCCc3ccccc3)c(=O)[nH]2)cc1OC. The Balaban J connectivity index is 1.51. The van der Waals surface area contributed by atoms with Crippen molar-refractivity contribution in [3.8, 4) is 11.5 Å². The van der Waals surface area contributed by atoms with E-state index < -0.39 is 0 Å². The lowest BCUT2D eigenvalue weighted by Crippen LogP contribution is -2.27. The second-order valence-corrected chi connectivity index (χ2v) is 7.00. The van der Waals surface area contributed by atoms with Gasteiger partial charge in [0.05, 0.1) is 14.2 Å². The molecule has 0 bridgehead atoms. The third kappa shape index (κ3) is 6.40. The first-order chi connectivity index (χ1) is 15.1. The van der Waals surface area contributed by atoms with Gasteiger partial charge in [-0.15, -0.1) is 10.2 Å². The van der Waals surface area contributed by atoms with Gasteiger partial charge >= 0.3 is 0 Å². The number of hydrogen-bond acceptors (Lipinski definition) is 6. The minimum absolute atomic E-state index is 0.119. The molecular weight excluding hydrogens is 396 g/mol. The number of hydrogen-bond donors (Lipinski definition) is 2. The van der Waals surface area contributed by atoms with E-state index in [2.05, 4.69) is 20.5 Å². The van der Waals surface area contributed by atoms with Gasteiger partial charge in [0.15, 0.2) is 11.5 Å². The van der Waals surface area contributed by atoms with Crippen LogP contribution in [0.3, 0.4) is 0 Å². The Morgan fingerprint density at radius 3 is 2.45 bits per heavy atom. The molecule has 0 atom stereocenters. The highest BCUT2D eigenvalue weighted by Crippen LogP contribution is 2.28. The molecule has 162 valence electrons. The zero-order valence-corrected chi connectivity index (χ0v) is 17.7. The Morgan fingerprint density at radius 2 is 1.74 bits per heavy atom. The van der Waals surface area contributed by atoms with Crippen molar-refractivity contribution >= 4 is 5.91 Å². The highest BCUT2D eigenvalue weighted by atomic mass is 16.5. The zero-order chi connectivity index (χ0) is 22.1. The third-order valence-electron chi connectivity index (χ3n) is 4.80. The van der Waals surface area contributed by atoms with E-state index in [1.165, 1.54) is 0 Å². The van der Waals surface area contributed by atoms with E-state index in [9.17, 15) is 9.59 Å². The molecule has 2 aromatic carbocycles. The molecule has 0 aliphatic rings. The van der Waals surface area contributed by atoms with Crippen LogP contribution in [-0.4, -0.2) is 41.9 Å². The zero-order valence-electron chi connectivity index (χ0n) is 17.7. The number of carbonyl (C=O) groups excluding carboxylic acids is 1. The molecule has 0 aliphatic heterocycles. The number of nitrogens with one attached hydrogen (secondary N) is 2. The van der Waals surface area contributed by atoms with Crippen LogP contribution < -0.4 is 20.3 Å². The second-order valence-electron chi connectivity index (χ2n) is 7.00. The van der Waals surface area contributed by atoms with E-state index in [1.54, 1.807) is 20.3 Å². The van der Waals surface area contributed by atoms with Gasteiger partial charge in [-0.3, -0.25) is 9.59 Å². The number of rotatable bonds is 10. The summed E-state index contributed by atoms with van der Waals surface area (Å²) in [5.41, 5.74) is 1.97. The van der Waals surface area contributed by atoms with Crippen LogP contribution in [0, 0.1) is 0 Å². The summed E-state index contributed by atoms with van der Waals surface area (Å²) in [6.07, 6.45) is 1.57. The van der Waals surface area contributed by atoms with Gasteiger partial charge in [-0.2, -0.15) is 0 Å². The van der Waals surface area contributed by atoms with Gasteiger partial charge in [-0.25, -0.2) is 0 Å². The summed E-state index contributed by atoms with van der Waals surface area (Å²) in [4.78, 5) is 27.1. The summed E-state index contributed by atoms with van der Waals surface area (Å²) in [7, 11) is 3.14. The van der Waals surface area contributed by atoms with Crippen molar-refractivity contribution in [1.29, 1.82) is 0 Å². The topological polar surface area (TPSA) is 106 Å². The second kappa shape index (κ2) is 10.9. The number of H-pyrrole nitrogens is 1. The van der Waals surface area contributed by atoms with Crippen molar-refractivity contribution in [3.63, 3.8) is 0 Å². The van der Waals surface area contributed by atoms with Crippen LogP contribution >= 0.6 is 0 Å². The van der Waals surface area contributed by atoms with Gasteiger partial charge in [0.1, 0.15) is 11.5 Å². The fourth-order valence-corrected chi connectivity index (χ4v) is 3.13. The van der Waals surface area contributed by atoms with Gasteiger partial charge in [0, 0.05) is 25.8 Å². The number of carbonyl (C=O) groups is 1.